The molecule has 0 fully saturated rings. The molecule has 0 saturated carbocycles. The van der Waals surface area contributed by atoms with Crippen LogP contribution in [0.15, 0.2) is 66.7 Å². The number of rotatable bonds is 7. The number of anilines is 3. The van der Waals surface area contributed by atoms with Gasteiger partial charge in [-0.25, -0.2) is 4.98 Å². The molecule has 6 nitrogen and oxygen atoms in total. The summed E-state index contributed by atoms with van der Waals surface area (Å²) in [6.07, 6.45) is 0.703. The van der Waals surface area contributed by atoms with Gasteiger partial charge in [-0.15, -0.1) is 0 Å². The van der Waals surface area contributed by atoms with E-state index in [0.717, 1.165) is 32.3 Å². The fourth-order valence-electron chi connectivity index (χ4n) is 3.19. The maximum absolute atomic E-state index is 12.5. The second-order valence-electron chi connectivity index (χ2n) is 7.44. The smallest absolute Gasteiger partial charge is 0.251 e. The average molecular weight is 433 g/mol. The molecule has 0 aliphatic carbocycles. The summed E-state index contributed by atoms with van der Waals surface area (Å²) in [5, 5.41) is 16.4. The van der Waals surface area contributed by atoms with Gasteiger partial charge in [-0.2, -0.15) is 0 Å². The van der Waals surface area contributed by atoms with Gasteiger partial charge in [-0.3, -0.25) is 4.79 Å². The number of phenolic OH excluding ortho intramolecular Hbond substituents is 1. The molecule has 31 heavy (non-hydrogen) atoms. The molecule has 4 aromatic rings. The lowest BCUT2D eigenvalue weighted by Crippen LogP contribution is -2.25. The van der Waals surface area contributed by atoms with Crippen LogP contribution in [-0.4, -0.2) is 36.6 Å². The van der Waals surface area contributed by atoms with E-state index < -0.39 is 0 Å². The van der Waals surface area contributed by atoms with E-state index in [2.05, 4.69) is 32.7 Å². The van der Waals surface area contributed by atoms with Gasteiger partial charge in [-0.1, -0.05) is 29.5 Å². The van der Waals surface area contributed by atoms with Crippen molar-refractivity contribution >= 4 is 44.0 Å². The van der Waals surface area contributed by atoms with Crippen LogP contribution in [-0.2, 0) is 6.42 Å². The molecule has 1 aromatic heterocycles. The van der Waals surface area contributed by atoms with Crippen molar-refractivity contribution in [1.29, 1.82) is 0 Å². The first-order valence-electron chi connectivity index (χ1n) is 9.99. The predicted molar refractivity (Wildman–Crippen MR) is 128 cm³/mol. The highest BCUT2D eigenvalue weighted by atomic mass is 32.1. The molecular weight excluding hydrogens is 408 g/mol. The zero-order chi connectivity index (χ0) is 21.8. The summed E-state index contributed by atoms with van der Waals surface area (Å²) in [5.74, 6) is 0.132. The van der Waals surface area contributed by atoms with E-state index in [-0.39, 0.29) is 11.7 Å². The Morgan fingerprint density at radius 2 is 1.87 bits per heavy atom. The number of thiazole rings is 1. The van der Waals surface area contributed by atoms with E-state index in [4.69, 9.17) is 0 Å². The second-order valence-corrected chi connectivity index (χ2v) is 8.47. The van der Waals surface area contributed by atoms with Crippen molar-refractivity contribution in [2.75, 3.05) is 30.9 Å². The first kappa shape index (κ1) is 20.7. The number of carbonyl (C=O) groups is 1. The average Bonchev–Trinajstić information content (AvgIpc) is 3.16. The lowest BCUT2D eigenvalue weighted by molar-refractivity contribution is 0.0954. The molecule has 0 aliphatic heterocycles. The Morgan fingerprint density at radius 1 is 1.06 bits per heavy atom. The summed E-state index contributed by atoms with van der Waals surface area (Å²) in [6, 6.07) is 20.7. The maximum atomic E-state index is 12.5. The summed E-state index contributed by atoms with van der Waals surface area (Å²) in [5.41, 5.74) is 4.61. The van der Waals surface area contributed by atoms with Gasteiger partial charge in [0.15, 0.2) is 5.13 Å². The van der Waals surface area contributed by atoms with Gasteiger partial charge in [0.05, 0.1) is 10.2 Å². The minimum absolute atomic E-state index is 0.109. The second kappa shape index (κ2) is 9.06. The standard InChI is InChI=1S/C24H24N4O2S/c1-28(2)19-5-3-4-18(15-19)26-24-27-21-11-8-17(14-22(21)31-24)23(30)25-13-12-16-6-9-20(29)10-7-16/h3-11,14-15,29H,12-13H2,1-2H3,(H,25,30)(H,26,27). The fraction of sp³-hybridized carbons (Fsp3) is 0.167. The van der Waals surface area contributed by atoms with Crippen molar-refractivity contribution in [3.05, 3.63) is 77.9 Å². The van der Waals surface area contributed by atoms with Crippen molar-refractivity contribution in [2.45, 2.75) is 6.42 Å². The van der Waals surface area contributed by atoms with Crippen LogP contribution in [0.5, 0.6) is 5.75 Å². The van der Waals surface area contributed by atoms with E-state index >= 15 is 0 Å². The predicted octanol–water partition coefficient (Wildman–Crippen LogP) is 4.78. The van der Waals surface area contributed by atoms with Crippen molar-refractivity contribution in [3.8, 4) is 5.75 Å². The zero-order valence-corrected chi connectivity index (χ0v) is 18.2. The summed E-state index contributed by atoms with van der Waals surface area (Å²) in [4.78, 5) is 19.2. The minimum atomic E-state index is -0.109. The molecule has 0 bridgehead atoms. The molecule has 0 spiro atoms. The molecule has 4 rings (SSSR count). The molecule has 3 N–H and O–H groups in total. The third-order valence-electron chi connectivity index (χ3n) is 4.90. The summed E-state index contributed by atoms with van der Waals surface area (Å²) in [7, 11) is 4.02. The summed E-state index contributed by atoms with van der Waals surface area (Å²) >= 11 is 1.52. The number of fused-ring (bicyclic) bond motifs is 1. The van der Waals surface area contributed by atoms with Gasteiger partial charge in [0.2, 0.25) is 0 Å². The number of carbonyl (C=O) groups excluding carboxylic acids is 1. The van der Waals surface area contributed by atoms with Crippen molar-refractivity contribution < 1.29 is 9.90 Å². The molecule has 1 heterocycles. The van der Waals surface area contributed by atoms with E-state index in [1.165, 1.54) is 11.3 Å². The minimum Gasteiger partial charge on any atom is -0.508 e. The SMILES string of the molecule is CN(C)c1cccc(Nc2nc3ccc(C(=O)NCCc4ccc(O)cc4)cc3s2)c1. The van der Waals surface area contributed by atoms with E-state index in [1.807, 2.05) is 50.5 Å². The zero-order valence-electron chi connectivity index (χ0n) is 17.4. The lowest BCUT2D eigenvalue weighted by atomic mass is 10.1. The number of phenols is 1. The van der Waals surface area contributed by atoms with Crippen molar-refractivity contribution in [3.63, 3.8) is 0 Å². The highest BCUT2D eigenvalue weighted by Crippen LogP contribution is 2.30. The van der Waals surface area contributed by atoms with Gasteiger partial charge in [-0.05, 0) is 60.5 Å². The Bertz CT molecular complexity index is 1200. The number of nitrogens with zero attached hydrogens (tertiary/aromatic N) is 2. The Kier molecular flexibility index (Phi) is 6.04. The molecule has 0 saturated heterocycles. The van der Waals surface area contributed by atoms with Crippen LogP contribution in [0.1, 0.15) is 15.9 Å². The van der Waals surface area contributed by atoms with E-state index in [0.29, 0.717) is 18.5 Å². The van der Waals surface area contributed by atoms with Crippen LogP contribution in [0.4, 0.5) is 16.5 Å². The molecular formula is C24H24N4O2S. The molecule has 3 aromatic carbocycles. The molecule has 7 heteroatoms. The van der Waals surface area contributed by atoms with Gasteiger partial charge in [0.1, 0.15) is 5.75 Å². The Balaban J connectivity index is 1.41. The topological polar surface area (TPSA) is 77.5 Å². The number of benzene rings is 3. The molecule has 158 valence electrons. The normalized spacial score (nSPS) is 10.8. The molecule has 0 radical (unpaired) electrons. The third-order valence-corrected chi connectivity index (χ3v) is 5.83. The summed E-state index contributed by atoms with van der Waals surface area (Å²) in [6.45, 7) is 0.527. The number of nitrogens with one attached hydrogen (secondary N) is 2. The monoisotopic (exact) mass is 432 g/mol. The van der Waals surface area contributed by atoms with Gasteiger partial charge in [0.25, 0.3) is 5.91 Å². The quantitative estimate of drug-likeness (QED) is 0.392. The Labute approximate surface area is 185 Å². The Hall–Kier alpha value is -3.58. The fourth-order valence-corrected chi connectivity index (χ4v) is 4.12. The molecule has 0 aliphatic rings. The van der Waals surface area contributed by atoms with E-state index in [1.54, 1.807) is 18.2 Å². The number of aromatic nitrogens is 1. The van der Waals surface area contributed by atoms with Gasteiger partial charge < -0.3 is 20.6 Å². The number of hydrogen-bond donors (Lipinski definition) is 3. The number of amides is 1. The maximum Gasteiger partial charge on any atom is 0.251 e. The first-order valence-corrected chi connectivity index (χ1v) is 10.8. The Morgan fingerprint density at radius 3 is 2.65 bits per heavy atom. The first-order chi connectivity index (χ1) is 15.0. The van der Waals surface area contributed by atoms with Crippen molar-refractivity contribution in [1.82, 2.24) is 10.3 Å². The highest BCUT2D eigenvalue weighted by Gasteiger charge is 2.10. The third kappa shape index (κ3) is 5.13. The molecule has 0 unspecified atom stereocenters. The van der Waals surface area contributed by atoms with Crippen LogP contribution in [0.3, 0.4) is 0 Å². The van der Waals surface area contributed by atoms with Crippen LogP contribution in [0, 0.1) is 0 Å². The van der Waals surface area contributed by atoms with Crippen LogP contribution in [0.2, 0.25) is 0 Å². The van der Waals surface area contributed by atoms with Crippen LogP contribution in [0.25, 0.3) is 10.2 Å². The molecule has 0 atom stereocenters. The van der Waals surface area contributed by atoms with Gasteiger partial charge in [0, 0.05) is 37.6 Å². The van der Waals surface area contributed by atoms with Gasteiger partial charge >= 0.3 is 0 Å². The van der Waals surface area contributed by atoms with Crippen molar-refractivity contribution in [2.24, 2.45) is 0 Å². The van der Waals surface area contributed by atoms with Crippen LogP contribution >= 0.6 is 11.3 Å². The largest absolute Gasteiger partial charge is 0.508 e. The summed E-state index contributed by atoms with van der Waals surface area (Å²) < 4.78 is 0.956. The lowest BCUT2D eigenvalue weighted by Gasteiger charge is -2.13. The highest BCUT2D eigenvalue weighted by molar-refractivity contribution is 7.22. The van der Waals surface area contributed by atoms with E-state index in [9.17, 15) is 9.90 Å². The molecule has 1 amide bonds. The number of aromatic hydroxyl groups is 1. The number of hydrogen-bond acceptors (Lipinski definition) is 6. The van der Waals surface area contributed by atoms with Crippen LogP contribution < -0.4 is 15.5 Å².